The lowest BCUT2D eigenvalue weighted by Crippen LogP contribution is -2.50. The average Bonchev–Trinajstić information content (AvgIpc) is 2.75. The summed E-state index contributed by atoms with van der Waals surface area (Å²) in [5, 5.41) is 22.3. The fourth-order valence-corrected chi connectivity index (χ4v) is 3.13. The van der Waals surface area contributed by atoms with Gasteiger partial charge in [0.1, 0.15) is 5.57 Å². The minimum atomic E-state index is -2.61. The first kappa shape index (κ1) is 19.9. The van der Waals surface area contributed by atoms with Crippen molar-refractivity contribution >= 4 is 29.2 Å². The maximum Gasteiger partial charge on any atom is 0.339 e. The first-order chi connectivity index (χ1) is 12.1. The molecule has 0 fully saturated rings. The second-order valence-electron chi connectivity index (χ2n) is 6.07. The number of hydrogen-bond acceptors (Lipinski definition) is 6. The minimum Gasteiger partial charge on any atom is -0.462 e. The molecule has 2 rings (SSSR count). The SMILES string of the molecule is CCOC(=O)C1=C(c2cccc(Cl)c2)N(C(C)C)C(=O)[C@@]1(O)C[N+](=O)[O-]. The highest BCUT2D eigenvalue weighted by Gasteiger charge is 2.59. The van der Waals surface area contributed by atoms with Gasteiger partial charge >= 0.3 is 5.97 Å². The summed E-state index contributed by atoms with van der Waals surface area (Å²) in [6, 6.07) is 5.86. The van der Waals surface area contributed by atoms with E-state index in [0.717, 1.165) is 0 Å². The summed E-state index contributed by atoms with van der Waals surface area (Å²) in [6.07, 6.45) is 0. The number of amides is 1. The third-order valence-corrected chi connectivity index (χ3v) is 4.15. The van der Waals surface area contributed by atoms with Gasteiger partial charge in [-0.25, -0.2) is 4.79 Å². The monoisotopic (exact) mass is 382 g/mol. The van der Waals surface area contributed by atoms with Gasteiger partial charge in [-0.2, -0.15) is 0 Å². The molecule has 1 aromatic rings. The Labute approximate surface area is 155 Å². The minimum absolute atomic E-state index is 0.0183. The molecule has 0 spiro atoms. The first-order valence-corrected chi connectivity index (χ1v) is 8.37. The number of hydrogen-bond donors (Lipinski definition) is 1. The lowest BCUT2D eigenvalue weighted by Gasteiger charge is -2.26. The molecule has 9 heteroatoms. The third kappa shape index (κ3) is 3.42. The van der Waals surface area contributed by atoms with Crippen LogP contribution in [0.5, 0.6) is 0 Å². The van der Waals surface area contributed by atoms with Crippen molar-refractivity contribution in [3.63, 3.8) is 0 Å². The van der Waals surface area contributed by atoms with Gasteiger partial charge in [0.15, 0.2) is 0 Å². The van der Waals surface area contributed by atoms with E-state index in [0.29, 0.717) is 10.6 Å². The van der Waals surface area contributed by atoms with Crippen molar-refractivity contribution in [3.05, 3.63) is 50.5 Å². The summed E-state index contributed by atoms with van der Waals surface area (Å²) in [5.41, 5.74) is -2.62. The van der Waals surface area contributed by atoms with E-state index >= 15 is 0 Å². The predicted molar refractivity (Wildman–Crippen MR) is 93.8 cm³/mol. The number of benzene rings is 1. The van der Waals surface area contributed by atoms with Crippen molar-refractivity contribution in [2.75, 3.05) is 13.2 Å². The molecule has 1 aromatic carbocycles. The number of halogens is 1. The van der Waals surface area contributed by atoms with Crippen molar-refractivity contribution < 1.29 is 24.4 Å². The lowest BCUT2D eigenvalue weighted by atomic mass is 9.93. The standard InChI is InChI=1S/C17H19ClN2O6/c1-4-26-15(21)13-14(11-6-5-7-12(18)8-11)20(10(2)3)16(22)17(13,23)9-19(24)25/h5-8,10,23H,4,9H2,1-3H3/t17-/m1/s1. The molecule has 1 aliphatic heterocycles. The molecular weight excluding hydrogens is 364 g/mol. The van der Waals surface area contributed by atoms with Crippen molar-refractivity contribution in [1.29, 1.82) is 0 Å². The number of carbonyl (C=O) groups excluding carboxylic acids is 2. The van der Waals surface area contributed by atoms with Gasteiger partial charge in [-0.15, -0.1) is 0 Å². The summed E-state index contributed by atoms with van der Waals surface area (Å²) in [6.45, 7) is 3.73. The number of rotatable bonds is 6. The number of esters is 1. The lowest BCUT2D eigenvalue weighted by molar-refractivity contribution is -0.494. The molecule has 0 aliphatic carbocycles. The van der Waals surface area contributed by atoms with Gasteiger partial charge in [0, 0.05) is 21.6 Å². The van der Waals surface area contributed by atoms with Gasteiger partial charge in [-0.3, -0.25) is 14.9 Å². The highest BCUT2D eigenvalue weighted by molar-refractivity contribution is 6.30. The molecule has 1 aliphatic rings. The number of nitro groups is 1. The zero-order valence-corrected chi connectivity index (χ0v) is 15.3. The van der Waals surface area contributed by atoms with Crippen LogP contribution in [0.2, 0.25) is 5.02 Å². The van der Waals surface area contributed by atoms with Crippen LogP contribution in [-0.2, 0) is 14.3 Å². The van der Waals surface area contributed by atoms with Crippen LogP contribution < -0.4 is 0 Å². The van der Waals surface area contributed by atoms with Gasteiger partial charge < -0.3 is 14.7 Å². The molecule has 0 unspecified atom stereocenters. The normalized spacial score (nSPS) is 20.1. The van der Waals surface area contributed by atoms with Gasteiger partial charge in [0.05, 0.1) is 12.3 Å². The van der Waals surface area contributed by atoms with Gasteiger partial charge in [-0.1, -0.05) is 23.7 Å². The second kappa shape index (κ2) is 7.43. The fraction of sp³-hybridized carbons (Fsp3) is 0.412. The quantitative estimate of drug-likeness (QED) is 0.457. The zero-order chi connectivity index (χ0) is 19.6. The number of aliphatic hydroxyl groups is 1. The molecule has 1 atom stereocenters. The maximum atomic E-state index is 12.9. The molecule has 0 aromatic heterocycles. The molecule has 0 saturated heterocycles. The van der Waals surface area contributed by atoms with Gasteiger partial charge in [0.25, 0.3) is 5.91 Å². The van der Waals surface area contributed by atoms with E-state index in [1.54, 1.807) is 39.0 Å². The Morgan fingerprint density at radius 2 is 2.12 bits per heavy atom. The Balaban J connectivity index is 2.82. The molecule has 26 heavy (non-hydrogen) atoms. The zero-order valence-electron chi connectivity index (χ0n) is 14.6. The highest BCUT2D eigenvalue weighted by atomic mass is 35.5. The molecule has 8 nitrogen and oxygen atoms in total. The highest BCUT2D eigenvalue weighted by Crippen LogP contribution is 2.41. The first-order valence-electron chi connectivity index (χ1n) is 7.99. The molecule has 0 radical (unpaired) electrons. The summed E-state index contributed by atoms with van der Waals surface area (Å²) < 4.78 is 4.97. The van der Waals surface area contributed by atoms with Gasteiger partial charge in [-0.05, 0) is 32.9 Å². The summed E-state index contributed by atoms with van der Waals surface area (Å²) in [4.78, 5) is 36.8. The Morgan fingerprint density at radius 3 is 2.62 bits per heavy atom. The van der Waals surface area contributed by atoms with Crippen LogP contribution in [0.3, 0.4) is 0 Å². The smallest absolute Gasteiger partial charge is 0.339 e. The number of ether oxygens (including phenoxy) is 1. The molecular formula is C17H19ClN2O6. The molecule has 1 amide bonds. The number of nitrogens with zero attached hydrogens (tertiary/aromatic N) is 2. The van der Waals surface area contributed by atoms with Crippen molar-refractivity contribution in [2.24, 2.45) is 0 Å². The van der Waals surface area contributed by atoms with E-state index in [1.807, 2.05) is 0 Å². The molecule has 1 N–H and O–H groups in total. The Bertz CT molecular complexity index is 791. The number of carbonyl (C=O) groups is 2. The molecule has 1 heterocycles. The Kier molecular flexibility index (Phi) is 5.68. The molecule has 140 valence electrons. The fourth-order valence-electron chi connectivity index (χ4n) is 2.94. The van der Waals surface area contributed by atoms with E-state index in [1.165, 1.54) is 11.0 Å². The van der Waals surface area contributed by atoms with Crippen molar-refractivity contribution in [2.45, 2.75) is 32.4 Å². The average molecular weight is 383 g/mol. The maximum absolute atomic E-state index is 12.9. The van der Waals surface area contributed by atoms with Gasteiger partial charge in [0.2, 0.25) is 12.1 Å². The van der Waals surface area contributed by atoms with E-state index in [-0.39, 0.29) is 12.3 Å². The van der Waals surface area contributed by atoms with Crippen LogP contribution in [0, 0.1) is 10.1 Å². The van der Waals surface area contributed by atoms with Crippen LogP contribution in [0.15, 0.2) is 29.8 Å². The van der Waals surface area contributed by atoms with E-state index in [9.17, 15) is 24.8 Å². The summed E-state index contributed by atoms with van der Waals surface area (Å²) in [7, 11) is 0. The largest absolute Gasteiger partial charge is 0.462 e. The van der Waals surface area contributed by atoms with Crippen LogP contribution in [-0.4, -0.2) is 51.6 Å². The molecule has 0 saturated carbocycles. The van der Waals surface area contributed by atoms with Crippen molar-refractivity contribution in [3.8, 4) is 0 Å². The topological polar surface area (TPSA) is 110 Å². The summed E-state index contributed by atoms with van der Waals surface area (Å²) >= 11 is 6.02. The van der Waals surface area contributed by atoms with Crippen molar-refractivity contribution in [1.82, 2.24) is 4.90 Å². The molecule has 0 bridgehead atoms. The second-order valence-corrected chi connectivity index (χ2v) is 6.51. The van der Waals surface area contributed by atoms with Crippen LogP contribution >= 0.6 is 11.6 Å². The third-order valence-electron chi connectivity index (χ3n) is 3.92. The van der Waals surface area contributed by atoms with Crippen LogP contribution in [0.1, 0.15) is 26.3 Å². The summed E-state index contributed by atoms with van der Waals surface area (Å²) in [5.74, 6) is -1.93. The van der Waals surface area contributed by atoms with Crippen LogP contribution in [0.4, 0.5) is 0 Å². The van der Waals surface area contributed by atoms with Crippen LogP contribution in [0.25, 0.3) is 5.70 Å². The predicted octanol–water partition coefficient (Wildman–Crippen LogP) is 1.87. The van der Waals surface area contributed by atoms with E-state index in [2.05, 4.69) is 0 Å². The Hall–Kier alpha value is -2.45. The van der Waals surface area contributed by atoms with E-state index in [4.69, 9.17) is 16.3 Å². The van der Waals surface area contributed by atoms with E-state index < -0.39 is 40.6 Å². The Morgan fingerprint density at radius 1 is 1.46 bits per heavy atom.